The lowest BCUT2D eigenvalue weighted by Crippen LogP contribution is -2.09. The van der Waals surface area contributed by atoms with E-state index in [1.54, 1.807) is 0 Å². The number of benzene rings is 9. The van der Waals surface area contributed by atoms with Crippen molar-refractivity contribution in [1.29, 1.82) is 0 Å². The Morgan fingerprint density at radius 1 is 0.350 bits per heavy atom. The molecule has 284 valence electrons. The highest BCUT2D eigenvalue weighted by Gasteiger charge is 2.20. The van der Waals surface area contributed by atoms with Gasteiger partial charge in [-0.3, -0.25) is 0 Å². The number of fused-ring (bicyclic) bond motifs is 4. The Morgan fingerprint density at radius 3 is 1.20 bits per heavy atom. The van der Waals surface area contributed by atoms with Crippen molar-refractivity contribution in [3.63, 3.8) is 0 Å². The Morgan fingerprint density at radius 2 is 0.750 bits per heavy atom. The molecule has 0 radical (unpaired) electrons. The van der Waals surface area contributed by atoms with E-state index >= 15 is 0 Å². The number of aromatic nitrogens is 2. The SMILES string of the molecule is c1ccc(N(c2ccccc2)c2ccc3c(c2)c2cc(N(c4ccccc4)c4ccccc4)ccc2n3-c2ccc(-c3ccc(-c4nc5ccccc5o4)cc3)cc2)cc1. The third-order valence-electron chi connectivity index (χ3n) is 11.2. The van der Waals surface area contributed by atoms with Crippen LogP contribution < -0.4 is 9.80 Å². The molecular formula is C55H38N4O. The molecule has 0 fully saturated rings. The van der Waals surface area contributed by atoms with E-state index in [0.29, 0.717) is 5.89 Å². The number of rotatable bonds is 9. The highest BCUT2D eigenvalue weighted by atomic mass is 16.3. The van der Waals surface area contributed by atoms with E-state index in [1.807, 2.05) is 24.3 Å². The summed E-state index contributed by atoms with van der Waals surface area (Å²) in [7, 11) is 0. The Labute approximate surface area is 348 Å². The van der Waals surface area contributed by atoms with Crippen LogP contribution in [0.2, 0.25) is 0 Å². The second-order valence-electron chi connectivity index (χ2n) is 14.9. The first kappa shape index (κ1) is 35.0. The van der Waals surface area contributed by atoms with E-state index in [2.05, 4.69) is 221 Å². The van der Waals surface area contributed by atoms with Crippen molar-refractivity contribution in [3.05, 3.63) is 231 Å². The first-order chi connectivity index (χ1) is 29.7. The van der Waals surface area contributed by atoms with Gasteiger partial charge in [0.15, 0.2) is 5.58 Å². The molecule has 0 unspecified atom stereocenters. The zero-order valence-corrected chi connectivity index (χ0v) is 32.6. The molecule has 0 aliphatic carbocycles. The predicted octanol–water partition coefficient (Wildman–Crippen LogP) is 15.2. The Bertz CT molecular complexity index is 2980. The fourth-order valence-corrected chi connectivity index (χ4v) is 8.36. The summed E-state index contributed by atoms with van der Waals surface area (Å²) in [6.07, 6.45) is 0. The van der Waals surface area contributed by atoms with Gasteiger partial charge in [-0.25, -0.2) is 4.98 Å². The minimum absolute atomic E-state index is 0.627. The van der Waals surface area contributed by atoms with Crippen molar-refractivity contribution in [3.8, 4) is 28.3 Å². The lowest BCUT2D eigenvalue weighted by Gasteiger charge is -2.26. The number of nitrogens with zero attached hydrogens (tertiary/aromatic N) is 4. The van der Waals surface area contributed by atoms with Crippen LogP contribution in [0.1, 0.15) is 0 Å². The molecule has 0 aliphatic heterocycles. The van der Waals surface area contributed by atoms with E-state index < -0.39 is 0 Å². The zero-order chi connectivity index (χ0) is 39.8. The molecule has 2 heterocycles. The van der Waals surface area contributed by atoms with Crippen molar-refractivity contribution in [2.45, 2.75) is 0 Å². The third-order valence-corrected chi connectivity index (χ3v) is 11.2. The molecule has 11 rings (SSSR count). The predicted molar refractivity (Wildman–Crippen MR) is 249 cm³/mol. The maximum absolute atomic E-state index is 6.04. The van der Waals surface area contributed by atoms with Crippen LogP contribution in [0, 0.1) is 0 Å². The van der Waals surface area contributed by atoms with Crippen molar-refractivity contribution in [1.82, 2.24) is 9.55 Å². The minimum atomic E-state index is 0.627. The topological polar surface area (TPSA) is 37.4 Å². The number of para-hydroxylation sites is 6. The van der Waals surface area contributed by atoms with E-state index in [-0.39, 0.29) is 0 Å². The Kier molecular flexibility index (Phi) is 8.75. The lowest BCUT2D eigenvalue weighted by atomic mass is 10.0. The average Bonchev–Trinajstić information content (AvgIpc) is 3.90. The molecule has 60 heavy (non-hydrogen) atoms. The molecule has 0 N–H and O–H groups in total. The highest BCUT2D eigenvalue weighted by Crippen LogP contribution is 2.43. The third kappa shape index (κ3) is 6.35. The molecule has 0 atom stereocenters. The molecule has 0 saturated carbocycles. The van der Waals surface area contributed by atoms with E-state index in [1.165, 1.54) is 10.8 Å². The first-order valence-electron chi connectivity index (χ1n) is 20.2. The summed E-state index contributed by atoms with van der Waals surface area (Å²) < 4.78 is 8.43. The molecule has 5 nitrogen and oxygen atoms in total. The van der Waals surface area contributed by atoms with Crippen LogP contribution in [0.25, 0.3) is 61.2 Å². The molecule has 11 aromatic rings. The van der Waals surface area contributed by atoms with Gasteiger partial charge in [0.1, 0.15) is 5.52 Å². The lowest BCUT2D eigenvalue weighted by molar-refractivity contribution is 0.620. The summed E-state index contributed by atoms with van der Waals surface area (Å²) in [6, 6.07) is 81.3. The number of oxazole rings is 1. The van der Waals surface area contributed by atoms with Gasteiger partial charge in [-0.15, -0.1) is 0 Å². The fraction of sp³-hybridized carbons (Fsp3) is 0. The fourth-order valence-electron chi connectivity index (χ4n) is 8.36. The number of hydrogen-bond donors (Lipinski definition) is 0. The smallest absolute Gasteiger partial charge is 0.227 e. The van der Waals surface area contributed by atoms with Gasteiger partial charge in [0.05, 0.1) is 11.0 Å². The van der Waals surface area contributed by atoms with Crippen LogP contribution in [0.15, 0.2) is 235 Å². The van der Waals surface area contributed by atoms with Gasteiger partial charge >= 0.3 is 0 Å². The average molecular weight is 771 g/mol. The standard InChI is InChI=1S/C55H38N4O/c1-5-15-42(16-6-1)57(43-17-7-2-8-18-43)47-33-35-52-49(37-47)50-38-48(58(44-19-9-3-10-20-44)45-21-11-4-12-22-45)34-36-53(50)59(52)46-31-29-40(30-32-46)39-25-27-41(28-26-39)55-56-51-23-13-14-24-54(51)60-55/h1-38H. The zero-order valence-electron chi connectivity index (χ0n) is 32.6. The second kappa shape index (κ2) is 15.0. The quantitative estimate of drug-likeness (QED) is 0.146. The molecular weight excluding hydrogens is 733 g/mol. The van der Waals surface area contributed by atoms with Crippen molar-refractivity contribution in [2.75, 3.05) is 9.80 Å². The number of anilines is 6. The van der Waals surface area contributed by atoms with Crippen LogP contribution in [0.5, 0.6) is 0 Å². The van der Waals surface area contributed by atoms with E-state index in [4.69, 9.17) is 9.40 Å². The molecule has 5 heteroatoms. The highest BCUT2D eigenvalue weighted by molar-refractivity contribution is 6.12. The first-order valence-corrected chi connectivity index (χ1v) is 20.2. The van der Waals surface area contributed by atoms with Gasteiger partial charge in [-0.2, -0.15) is 0 Å². The maximum Gasteiger partial charge on any atom is 0.227 e. The number of hydrogen-bond acceptors (Lipinski definition) is 4. The van der Waals surface area contributed by atoms with Crippen LogP contribution in [0.4, 0.5) is 34.1 Å². The minimum Gasteiger partial charge on any atom is -0.436 e. The molecule has 2 aromatic heterocycles. The van der Waals surface area contributed by atoms with Gasteiger partial charge in [-0.05, 0) is 132 Å². The summed E-state index contributed by atoms with van der Waals surface area (Å²) in [5.74, 6) is 0.627. The largest absolute Gasteiger partial charge is 0.436 e. The van der Waals surface area contributed by atoms with Gasteiger partial charge in [0, 0.05) is 56.1 Å². The van der Waals surface area contributed by atoms with Gasteiger partial charge in [-0.1, -0.05) is 109 Å². The molecule has 0 amide bonds. The summed E-state index contributed by atoms with van der Waals surface area (Å²) in [5.41, 5.74) is 14.8. The second-order valence-corrected chi connectivity index (χ2v) is 14.9. The molecule has 0 spiro atoms. The Hall–Kier alpha value is -8.15. The summed E-state index contributed by atoms with van der Waals surface area (Å²) in [4.78, 5) is 9.35. The summed E-state index contributed by atoms with van der Waals surface area (Å²) in [5, 5.41) is 2.34. The van der Waals surface area contributed by atoms with Crippen LogP contribution in [-0.4, -0.2) is 9.55 Å². The summed E-state index contributed by atoms with van der Waals surface area (Å²) >= 11 is 0. The van der Waals surface area contributed by atoms with Gasteiger partial charge in [0.2, 0.25) is 5.89 Å². The van der Waals surface area contributed by atoms with Gasteiger partial charge in [0.25, 0.3) is 0 Å². The van der Waals surface area contributed by atoms with Crippen LogP contribution >= 0.6 is 0 Å². The van der Waals surface area contributed by atoms with Gasteiger partial charge < -0.3 is 18.8 Å². The summed E-state index contributed by atoms with van der Waals surface area (Å²) in [6.45, 7) is 0. The monoisotopic (exact) mass is 770 g/mol. The van der Waals surface area contributed by atoms with Crippen molar-refractivity contribution in [2.24, 2.45) is 0 Å². The van der Waals surface area contributed by atoms with Crippen LogP contribution in [0.3, 0.4) is 0 Å². The molecule has 0 aliphatic rings. The molecule has 9 aromatic carbocycles. The van der Waals surface area contributed by atoms with Crippen LogP contribution in [-0.2, 0) is 0 Å². The normalized spacial score (nSPS) is 11.3. The maximum atomic E-state index is 6.04. The van der Waals surface area contributed by atoms with Crippen molar-refractivity contribution < 1.29 is 4.42 Å². The van der Waals surface area contributed by atoms with Crippen molar-refractivity contribution >= 4 is 67.0 Å². The molecule has 0 saturated heterocycles. The molecule has 0 bridgehead atoms. The Balaban J connectivity index is 1.05. The van der Waals surface area contributed by atoms with E-state index in [9.17, 15) is 0 Å². The van der Waals surface area contributed by atoms with E-state index in [0.717, 1.165) is 78.6 Å².